The van der Waals surface area contributed by atoms with Crippen molar-refractivity contribution < 1.29 is 8.42 Å². The van der Waals surface area contributed by atoms with E-state index in [4.69, 9.17) is 0 Å². The summed E-state index contributed by atoms with van der Waals surface area (Å²) in [6.07, 6.45) is 2.21. The van der Waals surface area contributed by atoms with Crippen LogP contribution in [-0.2, 0) is 22.9 Å². The molecule has 0 bridgehead atoms. The number of sulfone groups is 1. The largest absolute Gasteiger partial charge is 0.330 e. The topological polar surface area (TPSA) is 78.1 Å². The van der Waals surface area contributed by atoms with E-state index >= 15 is 0 Å². The lowest BCUT2D eigenvalue weighted by Crippen LogP contribution is -2.42. The maximum atomic E-state index is 12.1. The SMILES string of the molecule is CCCn1ccc(=O)n(CCS(=O)(=O)C(C)(C)C)c1=O. The van der Waals surface area contributed by atoms with Crippen molar-refractivity contribution in [3.05, 3.63) is 33.1 Å². The molecule has 20 heavy (non-hydrogen) atoms. The molecule has 1 aromatic rings. The molecule has 1 heterocycles. The molecular weight excluding hydrogens is 280 g/mol. The molecule has 0 amide bonds. The highest BCUT2D eigenvalue weighted by atomic mass is 32.2. The van der Waals surface area contributed by atoms with E-state index in [0.29, 0.717) is 6.54 Å². The van der Waals surface area contributed by atoms with E-state index in [1.807, 2.05) is 6.92 Å². The van der Waals surface area contributed by atoms with Crippen molar-refractivity contribution in [3.8, 4) is 0 Å². The van der Waals surface area contributed by atoms with Gasteiger partial charge in [-0.25, -0.2) is 13.2 Å². The fourth-order valence-electron chi connectivity index (χ4n) is 1.69. The molecule has 0 atom stereocenters. The van der Waals surface area contributed by atoms with Crippen molar-refractivity contribution in [2.24, 2.45) is 0 Å². The van der Waals surface area contributed by atoms with Gasteiger partial charge in [-0.1, -0.05) is 6.92 Å². The Balaban J connectivity index is 3.09. The smallest absolute Gasteiger partial charge is 0.300 e. The van der Waals surface area contributed by atoms with Gasteiger partial charge in [0, 0.05) is 25.4 Å². The van der Waals surface area contributed by atoms with Crippen LogP contribution in [0.2, 0.25) is 0 Å². The summed E-state index contributed by atoms with van der Waals surface area (Å²) in [6.45, 7) is 7.13. The van der Waals surface area contributed by atoms with Crippen LogP contribution in [0.1, 0.15) is 34.1 Å². The van der Waals surface area contributed by atoms with Gasteiger partial charge in [-0.15, -0.1) is 0 Å². The molecule has 0 N–H and O–H groups in total. The van der Waals surface area contributed by atoms with Crippen LogP contribution in [0.5, 0.6) is 0 Å². The standard InChI is InChI=1S/C13H22N2O4S/c1-5-7-14-8-6-11(16)15(12(14)17)9-10-20(18,19)13(2,3)4/h6,8H,5,7,9-10H2,1-4H3. The number of aromatic nitrogens is 2. The number of hydrogen-bond acceptors (Lipinski definition) is 4. The highest BCUT2D eigenvalue weighted by Gasteiger charge is 2.28. The van der Waals surface area contributed by atoms with Crippen LogP contribution >= 0.6 is 0 Å². The average Bonchev–Trinajstić information content (AvgIpc) is 2.31. The Hall–Kier alpha value is -1.37. The number of rotatable bonds is 5. The fourth-order valence-corrected chi connectivity index (χ4v) is 2.73. The summed E-state index contributed by atoms with van der Waals surface area (Å²) in [7, 11) is -3.36. The molecule has 0 saturated heterocycles. The Morgan fingerprint density at radius 2 is 1.75 bits per heavy atom. The van der Waals surface area contributed by atoms with Crippen LogP contribution in [0.4, 0.5) is 0 Å². The van der Waals surface area contributed by atoms with Gasteiger partial charge in [0.05, 0.1) is 10.5 Å². The fraction of sp³-hybridized carbons (Fsp3) is 0.692. The lowest BCUT2D eigenvalue weighted by molar-refractivity contribution is 0.536. The van der Waals surface area contributed by atoms with Gasteiger partial charge in [0.15, 0.2) is 9.84 Å². The minimum absolute atomic E-state index is 0.109. The first kappa shape index (κ1) is 16.7. The molecule has 1 rings (SSSR count). The predicted molar refractivity (Wildman–Crippen MR) is 78.8 cm³/mol. The average molecular weight is 302 g/mol. The summed E-state index contributed by atoms with van der Waals surface area (Å²) >= 11 is 0. The third-order valence-corrected chi connectivity index (χ3v) is 5.71. The van der Waals surface area contributed by atoms with Gasteiger partial charge >= 0.3 is 5.69 Å². The summed E-state index contributed by atoms with van der Waals surface area (Å²) < 4.78 is 25.6. The van der Waals surface area contributed by atoms with Crippen LogP contribution in [0.3, 0.4) is 0 Å². The lowest BCUT2D eigenvalue weighted by Gasteiger charge is -2.19. The highest BCUT2D eigenvalue weighted by Crippen LogP contribution is 2.15. The molecule has 0 radical (unpaired) electrons. The summed E-state index contributed by atoms with van der Waals surface area (Å²) in [5.74, 6) is -0.220. The van der Waals surface area contributed by atoms with Crippen LogP contribution < -0.4 is 11.2 Å². The molecule has 114 valence electrons. The first-order valence-corrected chi connectivity index (χ1v) is 8.28. The van der Waals surface area contributed by atoms with Gasteiger partial charge in [-0.05, 0) is 27.2 Å². The molecule has 6 nitrogen and oxygen atoms in total. The molecule has 0 aliphatic heterocycles. The van der Waals surface area contributed by atoms with Crippen molar-refractivity contribution in [1.29, 1.82) is 0 Å². The minimum Gasteiger partial charge on any atom is -0.300 e. The van der Waals surface area contributed by atoms with Crippen LogP contribution in [0.25, 0.3) is 0 Å². The lowest BCUT2D eigenvalue weighted by atomic mass is 10.3. The van der Waals surface area contributed by atoms with Gasteiger partial charge in [0.25, 0.3) is 5.56 Å². The normalized spacial score (nSPS) is 12.6. The maximum absolute atomic E-state index is 12.1. The van der Waals surface area contributed by atoms with Crippen molar-refractivity contribution >= 4 is 9.84 Å². The first-order valence-electron chi connectivity index (χ1n) is 6.62. The minimum atomic E-state index is -3.36. The molecule has 0 aliphatic carbocycles. The number of aryl methyl sites for hydroxylation is 1. The molecule has 0 aromatic carbocycles. The van der Waals surface area contributed by atoms with E-state index in [1.165, 1.54) is 16.8 Å². The molecule has 0 saturated carbocycles. The third kappa shape index (κ3) is 3.59. The van der Waals surface area contributed by atoms with E-state index in [9.17, 15) is 18.0 Å². The molecular formula is C13H22N2O4S. The van der Waals surface area contributed by atoms with E-state index < -0.39 is 25.8 Å². The Morgan fingerprint density at radius 1 is 1.15 bits per heavy atom. The maximum Gasteiger partial charge on any atom is 0.330 e. The molecule has 0 unspecified atom stereocenters. The molecule has 0 fully saturated rings. The predicted octanol–water partition coefficient (Wildman–Crippen LogP) is 0.633. The molecule has 7 heteroatoms. The molecule has 0 aliphatic rings. The summed E-state index contributed by atoms with van der Waals surface area (Å²) in [5.41, 5.74) is -0.921. The van der Waals surface area contributed by atoms with Crippen LogP contribution in [0.15, 0.2) is 21.9 Å². The Bertz CT molecular complexity index is 678. The summed E-state index contributed by atoms with van der Waals surface area (Å²) in [4.78, 5) is 23.8. The van der Waals surface area contributed by atoms with Crippen molar-refractivity contribution in [1.82, 2.24) is 9.13 Å². The van der Waals surface area contributed by atoms with E-state index in [2.05, 4.69) is 0 Å². The van der Waals surface area contributed by atoms with Gasteiger partial charge < -0.3 is 4.57 Å². The van der Waals surface area contributed by atoms with E-state index in [1.54, 1.807) is 20.8 Å². The second-order valence-corrected chi connectivity index (χ2v) is 8.58. The van der Waals surface area contributed by atoms with Crippen LogP contribution in [-0.4, -0.2) is 28.1 Å². The highest BCUT2D eigenvalue weighted by molar-refractivity contribution is 7.92. The zero-order valence-electron chi connectivity index (χ0n) is 12.4. The second kappa shape index (κ2) is 5.95. The van der Waals surface area contributed by atoms with Gasteiger partial charge in [0.1, 0.15) is 0 Å². The molecule has 0 spiro atoms. The third-order valence-electron chi connectivity index (χ3n) is 3.12. The van der Waals surface area contributed by atoms with Gasteiger partial charge in [0.2, 0.25) is 0 Å². The van der Waals surface area contributed by atoms with Crippen molar-refractivity contribution in [2.45, 2.75) is 52.0 Å². The van der Waals surface area contributed by atoms with Crippen molar-refractivity contribution in [2.75, 3.05) is 5.75 Å². The first-order chi connectivity index (χ1) is 9.10. The van der Waals surface area contributed by atoms with Crippen LogP contribution in [0, 0.1) is 0 Å². The van der Waals surface area contributed by atoms with Gasteiger partial charge in [-0.2, -0.15) is 0 Å². The Morgan fingerprint density at radius 3 is 2.25 bits per heavy atom. The Labute approximate surface area is 119 Å². The monoisotopic (exact) mass is 302 g/mol. The number of nitrogens with zero attached hydrogens (tertiary/aromatic N) is 2. The van der Waals surface area contributed by atoms with E-state index in [-0.39, 0.29) is 12.3 Å². The zero-order valence-corrected chi connectivity index (χ0v) is 13.2. The second-order valence-electron chi connectivity index (χ2n) is 5.71. The van der Waals surface area contributed by atoms with Crippen molar-refractivity contribution in [3.63, 3.8) is 0 Å². The number of hydrogen-bond donors (Lipinski definition) is 0. The summed E-state index contributed by atoms with van der Waals surface area (Å²) in [5, 5.41) is 0. The molecule has 1 aromatic heterocycles. The van der Waals surface area contributed by atoms with E-state index in [0.717, 1.165) is 11.0 Å². The Kier molecular flexibility index (Phi) is 4.96. The zero-order chi connectivity index (χ0) is 15.6. The quantitative estimate of drug-likeness (QED) is 0.799. The van der Waals surface area contributed by atoms with Gasteiger partial charge in [-0.3, -0.25) is 9.36 Å². The summed E-state index contributed by atoms with van der Waals surface area (Å²) in [6, 6.07) is 1.29.